The minimum Gasteiger partial charge on any atom is -0.372 e. The summed E-state index contributed by atoms with van der Waals surface area (Å²) < 4.78 is 7.73. The monoisotopic (exact) mass is 323 g/mol. The molecule has 0 unspecified atom stereocenters. The number of aromatic nitrogens is 4. The summed E-state index contributed by atoms with van der Waals surface area (Å²) in [6.45, 7) is 7.92. The van der Waals surface area contributed by atoms with Crippen LogP contribution in [-0.2, 0) is 4.74 Å². The molecule has 3 aromatic rings. The molecule has 3 heterocycles. The summed E-state index contributed by atoms with van der Waals surface area (Å²) in [7, 11) is 0. The molecule has 0 spiro atoms. The van der Waals surface area contributed by atoms with Crippen LogP contribution in [0.4, 0.5) is 5.82 Å². The number of para-hydroxylation sites is 1. The van der Waals surface area contributed by atoms with Gasteiger partial charge in [-0.3, -0.25) is 0 Å². The Kier molecular flexibility index (Phi) is 3.69. The number of hydrogen-bond donors (Lipinski definition) is 0. The van der Waals surface area contributed by atoms with E-state index in [1.807, 2.05) is 23.0 Å². The first-order valence-corrected chi connectivity index (χ1v) is 8.28. The number of morpholine rings is 1. The van der Waals surface area contributed by atoms with Crippen LogP contribution >= 0.6 is 0 Å². The molecule has 24 heavy (non-hydrogen) atoms. The maximum absolute atomic E-state index is 5.83. The van der Waals surface area contributed by atoms with Gasteiger partial charge in [0.1, 0.15) is 12.1 Å². The Morgan fingerprint density at radius 1 is 1.08 bits per heavy atom. The third kappa shape index (κ3) is 2.53. The third-order valence-electron chi connectivity index (χ3n) is 4.41. The van der Waals surface area contributed by atoms with Crippen molar-refractivity contribution in [1.82, 2.24) is 19.7 Å². The van der Waals surface area contributed by atoms with Gasteiger partial charge < -0.3 is 9.64 Å². The van der Waals surface area contributed by atoms with Gasteiger partial charge in [-0.15, -0.1) is 0 Å². The molecule has 1 fully saturated rings. The highest BCUT2D eigenvalue weighted by atomic mass is 16.5. The van der Waals surface area contributed by atoms with Gasteiger partial charge in [-0.2, -0.15) is 5.10 Å². The second kappa shape index (κ2) is 5.87. The van der Waals surface area contributed by atoms with Crippen LogP contribution in [0.15, 0.2) is 36.8 Å². The maximum Gasteiger partial charge on any atom is 0.168 e. The minimum absolute atomic E-state index is 0.185. The van der Waals surface area contributed by atoms with E-state index in [0.717, 1.165) is 41.2 Å². The molecule has 0 aliphatic carbocycles. The van der Waals surface area contributed by atoms with Gasteiger partial charge in [0.25, 0.3) is 0 Å². The van der Waals surface area contributed by atoms with E-state index in [0.29, 0.717) is 0 Å². The Hall–Kier alpha value is -2.47. The van der Waals surface area contributed by atoms with Crippen LogP contribution in [-0.4, -0.2) is 45.0 Å². The molecule has 1 saturated heterocycles. The van der Waals surface area contributed by atoms with Crippen molar-refractivity contribution in [2.45, 2.75) is 33.0 Å². The number of nitrogens with zero attached hydrogens (tertiary/aromatic N) is 5. The van der Waals surface area contributed by atoms with Crippen molar-refractivity contribution in [1.29, 1.82) is 0 Å². The van der Waals surface area contributed by atoms with E-state index in [4.69, 9.17) is 4.74 Å². The Balaban J connectivity index is 1.81. The molecule has 0 N–H and O–H groups in total. The lowest BCUT2D eigenvalue weighted by Gasteiger charge is -2.36. The van der Waals surface area contributed by atoms with Gasteiger partial charge in [0.05, 0.1) is 29.5 Å². The molecular weight excluding hydrogens is 302 g/mol. The van der Waals surface area contributed by atoms with Crippen molar-refractivity contribution >= 4 is 16.9 Å². The molecule has 6 nitrogen and oxygen atoms in total. The summed E-state index contributed by atoms with van der Waals surface area (Å²) in [5, 5.41) is 5.55. The van der Waals surface area contributed by atoms with Crippen LogP contribution in [0.5, 0.6) is 0 Å². The molecule has 2 atom stereocenters. The van der Waals surface area contributed by atoms with E-state index in [1.54, 1.807) is 6.33 Å². The Bertz CT molecular complexity index is 865. The summed E-state index contributed by atoms with van der Waals surface area (Å²) >= 11 is 0. The summed E-state index contributed by atoms with van der Waals surface area (Å²) in [5.41, 5.74) is 3.04. The topological polar surface area (TPSA) is 56.1 Å². The van der Waals surface area contributed by atoms with Crippen LogP contribution in [0, 0.1) is 6.92 Å². The van der Waals surface area contributed by atoms with E-state index >= 15 is 0 Å². The van der Waals surface area contributed by atoms with Crippen molar-refractivity contribution in [2.75, 3.05) is 18.0 Å². The van der Waals surface area contributed by atoms with E-state index in [9.17, 15) is 0 Å². The first-order valence-electron chi connectivity index (χ1n) is 8.28. The van der Waals surface area contributed by atoms with Crippen molar-refractivity contribution < 1.29 is 4.74 Å². The van der Waals surface area contributed by atoms with Crippen molar-refractivity contribution in [3.63, 3.8) is 0 Å². The van der Waals surface area contributed by atoms with Crippen molar-refractivity contribution in [3.05, 3.63) is 42.4 Å². The summed E-state index contributed by atoms with van der Waals surface area (Å²) in [6.07, 6.45) is 3.86. The highest BCUT2D eigenvalue weighted by molar-refractivity contribution is 5.87. The molecule has 1 aromatic carbocycles. The summed E-state index contributed by atoms with van der Waals surface area (Å²) in [5.74, 6) is 0.932. The Morgan fingerprint density at radius 2 is 1.83 bits per heavy atom. The largest absolute Gasteiger partial charge is 0.372 e. The number of aryl methyl sites for hydroxylation is 1. The highest BCUT2D eigenvalue weighted by Crippen LogP contribution is 2.27. The first kappa shape index (κ1) is 15.1. The van der Waals surface area contributed by atoms with Crippen molar-refractivity contribution in [3.8, 4) is 5.69 Å². The SMILES string of the molecule is Cc1ccccc1-n1ncc2c(N3C[C@@H](C)O[C@H](C)C3)ncnc21. The van der Waals surface area contributed by atoms with E-state index in [2.05, 4.69) is 52.9 Å². The van der Waals surface area contributed by atoms with Crippen LogP contribution in [0.2, 0.25) is 0 Å². The highest BCUT2D eigenvalue weighted by Gasteiger charge is 2.25. The number of rotatable bonds is 2. The summed E-state index contributed by atoms with van der Waals surface area (Å²) in [6, 6.07) is 8.18. The molecule has 1 aliphatic heterocycles. The lowest BCUT2D eigenvalue weighted by Crippen LogP contribution is -2.45. The van der Waals surface area contributed by atoms with Crippen LogP contribution in [0.1, 0.15) is 19.4 Å². The predicted molar refractivity (Wildman–Crippen MR) is 93.6 cm³/mol. The predicted octanol–water partition coefficient (Wildman–Crippen LogP) is 2.74. The van der Waals surface area contributed by atoms with Gasteiger partial charge in [0.15, 0.2) is 5.65 Å². The zero-order chi connectivity index (χ0) is 16.7. The van der Waals surface area contributed by atoms with Gasteiger partial charge >= 0.3 is 0 Å². The first-order chi connectivity index (χ1) is 11.6. The molecule has 0 bridgehead atoms. The zero-order valence-corrected chi connectivity index (χ0v) is 14.2. The maximum atomic E-state index is 5.83. The fourth-order valence-electron chi connectivity index (χ4n) is 3.41. The molecule has 6 heteroatoms. The zero-order valence-electron chi connectivity index (χ0n) is 14.2. The smallest absolute Gasteiger partial charge is 0.168 e. The molecule has 124 valence electrons. The molecular formula is C18H21N5O. The van der Waals surface area contributed by atoms with Gasteiger partial charge in [-0.25, -0.2) is 14.6 Å². The average molecular weight is 323 g/mol. The van der Waals surface area contributed by atoms with E-state index in [1.165, 1.54) is 0 Å². The lowest BCUT2D eigenvalue weighted by atomic mass is 10.2. The lowest BCUT2D eigenvalue weighted by molar-refractivity contribution is -0.00537. The standard InChI is InChI=1S/C18H21N5O/c1-12-6-4-5-7-16(12)23-18-15(8-21-23)17(19-11-20-18)22-9-13(2)24-14(3)10-22/h4-8,11,13-14H,9-10H2,1-3H3/t13-,14-/m1/s1. The van der Waals surface area contributed by atoms with Crippen LogP contribution < -0.4 is 4.90 Å². The van der Waals surface area contributed by atoms with Crippen LogP contribution in [0.3, 0.4) is 0 Å². The van der Waals surface area contributed by atoms with Gasteiger partial charge in [0.2, 0.25) is 0 Å². The molecule has 0 radical (unpaired) electrons. The van der Waals surface area contributed by atoms with Gasteiger partial charge in [-0.05, 0) is 32.4 Å². The molecule has 4 rings (SSSR count). The van der Waals surface area contributed by atoms with Crippen LogP contribution in [0.25, 0.3) is 16.7 Å². The summed E-state index contributed by atoms with van der Waals surface area (Å²) in [4.78, 5) is 11.3. The number of anilines is 1. The average Bonchev–Trinajstić information content (AvgIpc) is 2.98. The number of hydrogen-bond acceptors (Lipinski definition) is 5. The molecule has 1 aliphatic rings. The van der Waals surface area contributed by atoms with Gasteiger partial charge in [0, 0.05) is 13.1 Å². The Morgan fingerprint density at radius 3 is 2.58 bits per heavy atom. The second-order valence-corrected chi connectivity index (χ2v) is 6.44. The third-order valence-corrected chi connectivity index (χ3v) is 4.41. The Labute approximate surface area is 141 Å². The minimum atomic E-state index is 0.185. The fourth-order valence-corrected chi connectivity index (χ4v) is 3.41. The number of benzene rings is 1. The van der Waals surface area contributed by atoms with Gasteiger partial charge in [-0.1, -0.05) is 18.2 Å². The van der Waals surface area contributed by atoms with E-state index in [-0.39, 0.29) is 12.2 Å². The van der Waals surface area contributed by atoms with E-state index < -0.39 is 0 Å². The van der Waals surface area contributed by atoms with Crippen molar-refractivity contribution in [2.24, 2.45) is 0 Å². The second-order valence-electron chi connectivity index (χ2n) is 6.44. The molecule has 0 amide bonds. The normalized spacial score (nSPS) is 21.4. The molecule has 2 aromatic heterocycles. The fraction of sp³-hybridized carbons (Fsp3) is 0.389. The number of fused-ring (bicyclic) bond motifs is 1. The molecule has 0 saturated carbocycles. The quantitative estimate of drug-likeness (QED) is 0.726. The number of ether oxygens (including phenoxy) is 1.